The molecule has 104 valence electrons. The van der Waals surface area contributed by atoms with Gasteiger partial charge in [0.15, 0.2) is 0 Å². The Balaban J connectivity index is 2.12. The quantitative estimate of drug-likeness (QED) is 0.881. The molecule has 0 amide bonds. The highest BCUT2D eigenvalue weighted by Gasteiger charge is 2.22. The monoisotopic (exact) mass is 301 g/mol. The van der Waals surface area contributed by atoms with Gasteiger partial charge in [-0.2, -0.15) is 11.8 Å². The third-order valence-electron chi connectivity index (χ3n) is 2.95. The van der Waals surface area contributed by atoms with Crippen molar-refractivity contribution in [3.8, 4) is 0 Å². The van der Waals surface area contributed by atoms with E-state index < -0.39 is 16.0 Å². The van der Waals surface area contributed by atoms with Gasteiger partial charge in [0, 0.05) is 6.04 Å². The van der Waals surface area contributed by atoms with E-state index in [1.54, 1.807) is 0 Å². The molecule has 1 aliphatic heterocycles. The fourth-order valence-electron chi connectivity index (χ4n) is 1.88. The largest absolute Gasteiger partial charge is 0.478 e. The summed E-state index contributed by atoms with van der Waals surface area (Å²) in [6.45, 7) is 0. The van der Waals surface area contributed by atoms with E-state index in [2.05, 4.69) is 4.72 Å². The molecule has 1 aliphatic rings. The van der Waals surface area contributed by atoms with Crippen molar-refractivity contribution in [1.82, 2.24) is 4.72 Å². The maximum Gasteiger partial charge on any atom is 0.335 e. The first-order valence-electron chi connectivity index (χ1n) is 5.92. The summed E-state index contributed by atoms with van der Waals surface area (Å²) < 4.78 is 26.9. The summed E-state index contributed by atoms with van der Waals surface area (Å²) in [6, 6.07) is 5.22. The van der Waals surface area contributed by atoms with Gasteiger partial charge < -0.3 is 5.11 Å². The van der Waals surface area contributed by atoms with Gasteiger partial charge in [-0.05, 0) is 48.6 Å². The van der Waals surface area contributed by atoms with Crippen molar-refractivity contribution in [2.45, 2.75) is 23.8 Å². The molecular weight excluding hydrogens is 286 g/mol. The highest BCUT2D eigenvalue weighted by atomic mass is 32.2. The second kappa shape index (κ2) is 5.94. The number of rotatable bonds is 4. The van der Waals surface area contributed by atoms with Crippen LogP contribution in [0.4, 0.5) is 0 Å². The number of aromatic carboxylic acids is 1. The van der Waals surface area contributed by atoms with Gasteiger partial charge in [-0.15, -0.1) is 0 Å². The maximum atomic E-state index is 12.1. The molecule has 1 heterocycles. The summed E-state index contributed by atoms with van der Waals surface area (Å²) in [5.41, 5.74) is 0.0769. The first-order chi connectivity index (χ1) is 8.99. The Hall–Kier alpha value is -1.05. The Bertz CT molecular complexity index is 548. The van der Waals surface area contributed by atoms with Gasteiger partial charge in [-0.1, -0.05) is 0 Å². The van der Waals surface area contributed by atoms with E-state index in [0.717, 1.165) is 24.3 Å². The van der Waals surface area contributed by atoms with Crippen molar-refractivity contribution in [2.75, 3.05) is 11.5 Å². The number of thioether (sulfide) groups is 1. The van der Waals surface area contributed by atoms with Crippen LogP contribution in [0, 0.1) is 0 Å². The average Bonchev–Trinajstić information content (AvgIpc) is 2.39. The van der Waals surface area contributed by atoms with Gasteiger partial charge in [0.2, 0.25) is 10.0 Å². The van der Waals surface area contributed by atoms with Crippen LogP contribution in [0.3, 0.4) is 0 Å². The van der Waals surface area contributed by atoms with Gasteiger partial charge in [-0.25, -0.2) is 17.9 Å². The molecule has 1 fully saturated rings. The van der Waals surface area contributed by atoms with Crippen LogP contribution in [0.2, 0.25) is 0 Å². The minimum Gasteiger partial charge on any atom is -0.478 e. The molecule has 0 bridgehead atoms. The molecule has 5 nitrogen and oxygen atoms in total. The van der Waals surface area contributed by atoms with Crippen LogP contribution in [0.5, 0.6) is 0 Å². The Morgan fingerprint density at radius 1 is 1.21 bits per heavy atom. The standard InChI is InChI=1S/C12H15NO4S2/c14-12(15)9-1-3-11(4-2-9)19(16,17)13-10-5-7-18-8-6-10/h1-4,10,13H,5-8H2,(H,14,15). The number of carboxylic acids is 1. The number of carboxylic acid groups (broad SMARTS) is 1. The maximum absolute atomic E-state index is 12.1. The summed E-state index contributed by atoms with van der Waals surface area (Å²) >= 11 is 1.83. The van der Waals surface area contributed by atoms with Crippen LogP contribution in [-0.4, -0.2) is 37.0 Å². The lowest BCUT2D eigenvalue weighted by atomic mass is 10.2. The van der Waals surface area contributed by atoms with Crippen LogP contribution in [0.1, 0.15) is 23.2 Å². The van der Waals surface area contributed by atoms with Crippen molar-refractivity contribution in [1.29, 1.82) is 0 Å². The van der Waals surface area contributed by atoms with Gasteiger partial charge in [0.1, 0.15) is 0 Å². The van der Waals surface area contributed by atoms with Gasteiger partial charge in [0.25, 0.3) is 0 Å². The lowest BCUT2D eigenvalue weighted by Gasteiger charge is -2.22. The summed E-state index contributed by atoms with van der Waals surface area (Å²) in [7, 11) is -3.55. The fourth-order valence-corrected chi connectivity index (χ4v) is 4.29. The number of benzene rings is 1. The molecule has 2 N–H and O–H groups in total. The first kappa shape index (κ1) is 14.4. The zero-order chi connectivity index (χ0) is 13.9. The van der Waals surface area contributed by atoms with Gasteiger partial charge >= 0.3 is 5.97 Å². The van der Waals surface area contributed by atoms with E-state index in [9.17, 15) is 13.2 Å². The zero-order valence-electron chi connectivity index (χ0n) is 10.2. The molecule has 19 heavy (non-hydrogen) atoms. The lowest BCUT2D eigenvalue weighted by molar-refractivity contribution is 0.0696. The summed E-state index contributed by atoms with van der Waals surface area (Å²) in [6.07, 6.45) is 1.66. The van der Waals surface area contributed by atoms with Crippen molar-refractivity contribution in [3.05, 3.63) is 29.8 Å². The van der Waals surface area contributed by atoms with E-state index in [0.29, 0.717) is 0 Å². The van der Waals surface area contributed by atoms with Crippen LogP contribution in [0.15, 0.2) is 29.2 Å². The molecule has 1 saturated heterocycles. The highest BCUT2D eigenvalue weighted by molar-refractivity contribution is 7.99. The lowest BCUT2D eigenvalue weighted by Crippen LogP contribution is -2.37. The Morgan fingerprint density at radius 3 is 2.32 bits per heavy atom. The molecular formula is C12H15NO4S2. The van der Waals surface area contributed by atoms with Crippen molar-refractivity contribution < 1.29 is 18.3 Å². The molecule has 0 saturated carbocycles. The third-order valence-corrected chi connectivity index (χ3v) is 5.54. The van der Waals surface area contributed by atoms with E-state index in [-0.39, 0.29) is 16.5 Å². The smallest absolute Gasteiger partial charge is 0.335 e. The van der Waals surface area contributed by atoms with Crippen LogP contribution in [0.25, 0.3) is 0 Å². The van der Waals surface area contributed by atoms with Crippen LogP contribution >= 0.6 is 11.8 Å². The zero-order valence-corrected chi connectivity index (χ0v) is 11.8. The van der Waals surface area contributed by atoms with Crippen LogP contribution < -0.4 is 4.72 Å². The number of carbonyl (C=O) groups is 1. The Kier molecular flexibility index (Phi) is 4.49. The minimum absolute atomic E-state index is 0.0228. The topological polar surface area (TPSA) is 83.5 Å². The molecule has 7 heteroatoms. The summed E-state index contributed by atoms with van der Waals surface area (Å²) in [4.78, 5) is 10.8. The Labute approximate surface area is 116 Å². The predicted octanol–water partition coefficient (Wildman–Crippen LogP) is 1.56. The average molecular weight is 301 g/mol. The molecule has 0 aromatic heterocycles. The van der Waals surface area contributed by atoms with E-state index in [1.165, 1.54) is 24.3 Å². The molecule has 1 aromatic rings. The van der Waals surface area contributed by atoms with E-state index >= 15 is 0 Å². The number of nitrogens with one attached hydrogen (secondary N) is 1. The number of sulfonamides is 1. The molecule has 2 rings (SSSR count). The first-order valence-corrected chi connectivity index (χ1v) is 8.56. The van der Waals surface area contributed by atoms with Crippen molar-refractivity contribution >= 4 is 27.8 Å². The van der Waals surface area contributed by atoms with E-state index in [1.807, 2.05) is 11.8 Å². The van der Waals surface area contributed by atoms with Gasteiger partial charge in [-0.3, -0.25) is 0 Å². The second-order valence-electron chi connectivity index (χ2n) is 4.34. The predicted molar refractivity (Wildman–Crippen MR) is 74.1 cm³/mol. The minimum atomic E-state index is -3.55. The van der Waals surface area contributed by atoms with Crippen LogP contribution in [-0.2, 0) is 10.0 Å². The highest BCUT2D eigenvalue weighted by Crippen LogP contribution is 2.19. The fraction of sp³-hybridized carbons (Fsp3) is 0.417. The van der Waals surface area contributed by atoms with E-state index in [4.69, 9.17) is 5.11 Å². The van der Waals surface area contributed by atoms with Crippen molar-refractivity contribution in [2.24, 2.45) is 0 Å². The second-order valence-corrected chi connectivity index (χ2v) is 7.28. The Morgan fingerprint density at radius 2 is 1.79 bits per heavy atom. The molecule has 0 spiro atoms. The SMILES string of the molecule is O=C(O)c1ccc(S(=O)(=O)NC2CCSCC2)cc1. The molecule has 0 radical (unpaired) electrons. The molecule has 0 aliphatic carbocycles. The molecule has 0 atom stereocenters. The van der Waals surface area contributed by atoms with Gasteiger partial charge in [0.05, 0.1) is 10.5 Å². The number of hydrogen-bond acceptors (Lipinski definition) is 4. The molecule has 0 unspecified atom stereocenters. The third kappa shape index (κ3) is 3.71. The van der Waals surface area contributed by atoms with Crippen molar-refractivity contribution in [3.63, 3.8) is 0 Å². The summed E-state index contributed by atoms with van der Waals surface area (Å²) in [5.74, 6) is 0.859. The summed E-state index contributed by atoms with van der Waals surface area (Å²) in [5, 5.41) is 8.77. The number of hydrogen-bond donors (Lipinski definition) is 2. The molecule has 1 aromatic carbocycles. The normalized spacial score (nSPS) is 17.3.